The molecule has 0 radical (unpaired) electrons. The van der Waals surface area contributed by atoms with Crippen LogP contribution in [-0.4, -0.2) is 32.6 Å². The molecule has 3 aliphatic rings. The van der Waals surface area contributed by atoms with Crippen molar-refractivity contribution in [2.75, 3.05) is 6.61 Å². The number of rotatable bonds is 7. The van der Waals surface area contributed by atoms with Gasteiger partial charge >= 0.3 is 0 Å². The molecule has 5 rings (SSSR count). The molecule has 1 amide bonds. The number of aryl methyl sites for hydroxylation is 1. The maximum atomic E-state index is 12.9. The summed E-state index contributed by atoms with van der Waals surface area (Å²) in [5.74, 6) is 2.32. The number of nitrogens with one attached hydrogen (secondary N) is 1. The Labute approximate surface area is 157 Å². The molecule has 2 aromatic rings. The third-order valence-corrected chi connectivity index (χ3v) is 5.63. The average Bonchev–Trinajstić information content (AvgIpc) is 3.55. The first-order chi connectivity index (χ1) is 13.1. The number of ether oxygens (including phenoxy) is 1. The van der Waals surface area contributed by atoms with Crippen molar-refractivity contribution >= 4 is 5.91 Å². The second kappa shape index (κ2) is 6.28. The smallest absolute Gasteiger partial charge is 0.272 e. The van der Waals surface area contributed by atoms with Gasteiger partial charge in [-0.3, -0.25) is 9.78 Å². The number of nitrogens with zero attached hydrogens (tertiary/aromatic N) is 4. The molecule has 2 aromatic heterocycles. The molecule has 8 nitrogen and oxygen atoms in total. The molecule has 0 atom stereocenters. The molecule has 0 saturated heterocycles. The van der Waals surface area contributed by atoms with E-state index in [4.69, 9.17) is 9.26 Å². The largest absolute Gasteiger partial charge is 0.476 e. The van der Waals surface area contributed by atoms with Crippen LogP contribution in [0.25, 0.3) is 0 Å². The van der Waals surface area contributed by atoms with Gasteiger partial charge in [0.05, 0.1) is 12.8 Å². The van der Waals surface area contributed by atoms with E-state index in [1.807, 2.05) is 0 Å². The van der Waals surface area contributed by atoms with E-state index in [1.165, 1.54) is 12.8 Å². The molecule has 1 N–H and O–H groups in total. The molecule has 0 bridgehead atoms. The second-order valence-corrected chi connectivity index (χ2v) is 8.00. The highest BCUT2D eigenvalue weighted by molar-refractivity contribution is 5.92. The van der Waals surface area contributed by atoms with Crippen molar-refractivity contribution in [1.29, 1.82) is 0 Å². The fourth-order valence-electron chi connectivity index (χ4n) is 3.42. The Morgan fingerprint density at radius 2 is 2.11 bits per heavy atom. The fourth-order valence-corrected chi connectivity index (χ4v) is 3.42. The molecular formula is C19H23N5O3. The molecule has 0 aromatic carbocycles. The van der Waals surface area contributed by atoms with Gasteiger partial charge in [-0.2, -0.15) is 4.98 Å². The number of aromatic nitrogens is 4. The van der Waals surface area contributed by atoms with Crippen LogP contribution in [0.2, 0.25) is 0 Å². The van der Waals surface area contributed by atoms with Gasteiger partial charge in [-0.05, 0) is 50.9 Å². The van der Waals surface area contributed by atoms with Crippen LogP contribution in [0.5, 0.6) is 5.88 Å². The summed E-state index contributed by atoms with van der Waals surface area (Å²) in [4.78, 5) is 26.2. The van der Waals surface area contributed by atoms with E-state index in [0.717, 1.165) is 37.8 Å². The SMILES string of the molecule is Cc1nc(C2(NC(=O)c3cnc(C4CC4)c(OCC4CC4)n3)CCC2)no1. The van der Waals surface area contributed by atoms with Crippen LogP contribution in [0.3, 0.4) is 0 Å². The zero-order valence-corrected chi connectivity index (χ0v) is 15.4. The normalized spacial score (nSPS) is 20.8. The highest BCUT2D eigenvalue weighted by atomic mass is 16.5. The molecule has 8 heteroatoms. The minimum absolute atomic E-state index is 0.275. The zero-order chi connectivity index (χ0) is 18.4. The van der Waals surface area contributed by atoms with Crippen molar-refractivity contribution in [1.82, 2.24) is 25.4 Å². The number of carbonyl (C=O) groups is 1. The summed E-state index contributed by atoms with van der Waals surface area (Å²) < 4.78 is 11.0. The van der Waals surface area contributed by atoms with Crippen molar-refractivity contribution < 1.29 is 14.1 Å². The number of amides is 1. The molecule has 2 heterocycles. The van der Waals surface area contributed by atoms with Gasteiger partial charge in [0, 0.05) is 12.8 Å². The predicted molar refractivity (Wildman–Crippen MR) is 94.3 cm³/mol. The first-order valence-electron chi connectivity index (χ1n) is 9.76. The average molecular weight is 369 g/mol. The van der Waals surface area contributed by atoms with Gasteiger partial charge in [0.25, 0.3) is 5.91 Å². The standard InChI is InChI=1S/C19H23N5O3/c1-11-21-18(24-27-11)19(7-2-8-19)23-16(25)14-9-20-15(13-5-6-13)17(22-14)26-10-12-3-4-12/h9,12-13H,2-8,10H2,1H3,(H,23,25). The molecule has 0 unspecified atom stereocenters. The summed E-state index contributed by atoms with van der Waals surface area (Å²) in [6.07, 6.45) is 8.78. The topological polar surface area (TPSA) is 103 Å². The highest BCUT2D eigenvalue weighted by Gasteiger charge is 2.44. The van der Waals surface area contributed by atoms with Crippen molar-refractivity contribution in [2.24, 2.45) is 5.92 Å². The van der Waals surface area contributed by atoms with E-state index in [9.17, 15) is 4.79 Å². The molecule has 0 spiro atoms. The number of carbonyl (C=O) groups excluding carboxylic acids is 1. The molecule has 27 heavy (non-hydrogen) atoms. The first-order valence-corrected chi connectivity index (χ1v) is 9.76. The Balaban J connectivity index is 1.36. The lowest BCUT2D eigenvalue weighted by molar-refractivity contribution is 0.0797. The summed E-state index contributed by atoms with van der Waals surface area (Å²) in [6, 6.07) is 0. The maximum absolute atomic E-state index is 12.9. The van der Waals surface area contributed by atoms with Crippen molar-refractivity contribution in [3.63, 3.8) is 0 Å². The van der Waals surface area contributed by atoms with Crippen LogP contribution in [0.1, 0.15) is 78.8 Å². The highest BCUT2D eigenvalue weighted by Crippen LogP contribution is 2.43. The van der Waals surface area contributed by atoms with Gasteiger partial charge in [0.2, 0.25) is 11.8 Å². The van der Waals surface area contributed by atoms with E-state index in [2.05, 4.69) is 25.4 Å². The van der Waals surface area contributed by atoms with Crippen LogP contribution in [0.15, 0.2) is 10.7 Å². The lowest BCUT2D eigenvalue weighted by Crippen LogP contribution is -2.51. The van der Waals surface area contributed by atoms with Gasteiger partial charge < -0.3 is 14.6 Å². The number of hydrogen-bond acceptors (Lipinski definition) is 7. The monoisotopic (exact) mass is 369 g/mol. The van der Waals surface area contributed by atoms with Gasteiger partial charge in [0.15, 0.2) is 11.5 Å². The molecule has 3 fully saturated rings. The van der Waals surface area contributed by atoms with Crippen LogP contribution in [-0.2, 0) is 5.54 Å². The molecule has 3 saturated carbocycles. The summed E-state index contributed by atoms with van der Waals surface area (Å²) in [5.41, 5.74) is 0.594. The van der Waals surface area contributed by atoms with Crippen LogP contribution >= 0.6 is 0 Å². The van der Waals surface area contributed by atoms with Gasteiger partial charge in [-0.15, -0.1) is 0 Å². The van der Waals surface area contributed by atoms with E-state index >= 15 is 0 Å². The fraction of sp³-hybridized carbons (Fsp3) is 0.632. The first kappa shape index (κ1) is 16.6. The molecule has 3 aliphatic carbocycles. The molecule has 142 valence electrons. The summed E-state index contributed by atoms with van der Waals surface area (Å²) >= 11 is 0. The van der Waals surface area contributed by atoms with Crippen molar-refractivity contribution in [3.8, 4) is 5.88 Å². The minimum Gasteiger partial charge on any atom is -0.476 e. The van der Waals surface area contributed by atoms with Crippen molar-refractivity contribution in [3.05, 3.63) is 29.3 Å². The van der Waals surface area contributed by atoms with Gasteiger partial charge in [0.1, 0.15) is 11.2 Å². The minimum atomic E-state index is -0.569. The quantitative estimate of drug-likeness (QED) is 0.800. The van der Waals surface area contributed by atoms with Crippen LogP contribution in [0.4, 0.5) is 0 Å². The summed E-state index contributed by atoms with van der Waals surface area (Å²) in [6.45, 7) is 2.40. The zero-order valence-electron chi connectivity index (χ0n) is 15.4. The maximum Gasteiger partial charge on any atom is 0.272 e. The Bertz CT molecular complexity index is 868. The number of hydrogen-bond donors (Lipinski definition) is 1. The third kappa shape index (κ3) is 3.28. The van der Waals surface area contributed by atoms with Crippen LogP contribution in [0, 0.1) is 12.8 Å². The van der Waals surface area contributed by atoms with E-state index in [0.29, 0.717) is 36.0 Å². The summed E-state index contributed by atoms with van der Waals surface area (Å²) in [7, 11) is 0. The van der Waals surface area contributed by atoms with Crippen LogP contribution < -0.4 is 10.1 Å². The van der Waals surface area contributed by atoms with Gasteiger partial charge in [-0.1, -0.05) is 5.16 Å². The third-order valence-electron chi connectivity index (χ3n) is 5.63. The molecule has 0 aliphatic heterocycles. The van der Waals surface area contributed by atoms with E-state index < -0.39 is 5.54 Å². The van der Waals surface area contributed by atoms with E-state index in [-0.39, 0.29) is 11.6 Å². The Morgan fingerprint density at radius 1 is 1.30 bits per heavy atom. The molecular weight excluding hydrogens is 346 g/mol. The van der Waals surface area contributed by atoms with E-state index in [1.54, 1.807) is 13.1 Å². The lowest BCUT2D eigenvalue weighted by atomic mass is 9.76. The van der Waals surface area contributed by atoms with Gasteiger partial charge in [-0.25, -0.2) is 4.98 Å². The van der Waals surface area contributed by atoms with Crippen molar-refractivity contribution in [2.45, 2.75) is 63.3 Å². The Morgan fingerprint density at radius 3 is 2.70 bits per heavy atom. The Kier molecular flexibility index (Phi) is 3.87. The predicted octanol–water partition coefficient (Wildman–Crippen LogP) is 2.64. The Hall–Kier alpha value is -2.51. The lowest BCUT2D eigenvalue weighted by Gasteiger charge is -2.39. The second-order valence-electron chi connectivity index (χ2n) is 8.00. The summed E-state index contributed by atoms with van der Waals surface area (Å²) in [5, 5.41) is 7.08.